The van der Waals surface area contributed by atoms with E-state index >= 15 is 0 Å². The Morgan fingerprint density at radius 2 is 1.60 bits per heavy atom. The first-order chi connectivity index (χ1) is 21.6. The molecule has 2 aliphatic heterocycles. The highest BCUT2D eigenvalue weighted by atomic mass is 16.8. The first-order valence-electron chi connectivity index (χ1n) is 14.8. The number of benzene rings is 2. The predicted molar refractivity (Wildman–Crippen MR) is 165 cm³/mol. The Morgan fingerprint density at radius 1 is 0.911 bits per heavy atom. The number of esters is 1. The molecule has 246 valence electrons. The van der Waals surface area contributed by atoms with Gasteiger partial charge in [0.1, 0.15) is 42.7 Å². The molecule has 1 fully saturated rings. The quantitative estimate of drug-likeness (QED) is 0.229. The fourth-order valence-corrected chi connectivity index (χ4v) is 5.13. The molecule has 1 saturated heterocycles. The van der Waals surface area contributed by atoms with E-state index in [9.17, 15) is 9.90 Å². The number of carbonyl (C=O) groups excluding carboxylic acids is 1. The van der Waals surface area contributed by atoms with Crippen LogP contribution in [0, 0.1) is 5.92 Å². The van der Waals surface area contributed by atoms with Gasteiger partial charge in [0.05, 0.1) is 24.3 Å². The van der Waals surface area contributed by atoms with Crippen molar-refractivity contribution < 1.29 is 52.5 Å². The van der Waals surface area contributed by atoms with Gasteiger partial charge in [-0.05, 0) is 50.6 Å². The SMILES string of the molecule is COCOc1cc(OC)cc2c1C(O)O[C@@H](C)[C@H](C)/C=C\C(OC(=O)c1ccccc1)C1OC(C)(C)OC1C(OCOC)/C=C/2. The number of hydrogen-bond donors (Lipinski definition) is 1. The molecule has 0 aliphatic carbocycles. The van der Waals surface area contributed by atoms with E-state index in [1.807, 2.05) is 26.0 Å². The lowest BCUT2D eigenvalue weighted by Crippen LogP contribution is -2.44. The van der Waals surface area contributed by atoms with Gasteiger partial charge in [0.15, 0.2) is 18.9 Å². The van der Waals surface area contributed by atoms with Gasteiger partial charge in [0, 0.05) is 26.2 Å². The fourth-order valence-electron chi connectivity index (χ4n) is 5.13. The summed E-state index contributed by atoms with van der Waals surface area (Å²) >= 11 is 0. The Hall–Kier alpha value is -3.29. The lowest BCUT2D eigenvalue weighted by Gasteiger charge is -2.29. The maximum atomic E-state index is 13.3. The van der Waals surface area contributed by atoms with E-state index < -0.39 is 48.6 Å². The van der Waals surface area contributed by atoms with Crippen LogP contribution in [-0.2, 0) is 33.2 Å². The van der Waals surface area contributed by atoms with E-state index in [0.29, 0.717) is 28.2 Å². The second-order valence-electron chi connectivity index (χ2n) is 11.3. The molecule has 11 heteroatoms. The summed E-state index contributed by atoms with van der Waals surface area (Å²) < 4.78 is 52.8. The summed E-state index contributed by atoms with van der Waals surface area (Å²) in [4.78, 5) is 13.3. The van der Waals surface area contributed by atoms with Crippen molar-refractivity contribution in [2.45, 2.75) is 70.3 Å². The van der Waals surface area contributed by atoms with Crippen molar-refractivity contribution in [3.05, 3.63) is 77.4 Å². The van der Waals surface area contributed by atoms with E-state index in [-0.39, 0.29) is 19.5 Å². The molecule has 11 nitrogen and oxygen atoms in total. The molecule has 1 N–H and O–H groups in total. The Morgan fingerprint density at radius 3 is 2.27 bits per heavy atom. The number of carbonyl (C=O) groups is 1. The van der Waals surface area contributed by atoms with Crippen LogP contribution in [0.1, 0.15) is 55.5 Å². The molecule has 0 amide bonds. The molecule has 45 heavy (non-hydrogen) atoms. The molecular weight excluding hydrogens is 584 g/mol. The zero-order chi connectivity index (χ0) is 32.6. The molecule has 0 spiro atoms. The van der Waals surface area contributed by atoms with Gasteiger partial charge in [-0.15, -0.1) is 0 Å². The number of aliphatic hydroxyl groups is 1. The second kappa shape index (κ2) is 15.8. The van der Waals surface area contributed by atoms with Crippen molar-refractivity contribution in [3.8, 4) is 11.5 Å². The summed E-state index contributed by atoms with van der Waals surface area (Å²) in [6.45, 7) is 7.25. The molecular formula is C34H44O11. The molecule has 0 radical (unpaired) electrons. The minimum absolute atomic E-state index is 0.0558. The maximum Gasteiger partial charge on any atom is 0.338 e. The average Bonchev–Trinajstić information content (AvgIpc) is 3.35. The van der Waals surface area contributed by atoms with Gasteiger partial charge in [-0.1, -0.05) is 43.4 Å². The molecule has 2 aromatic rings. The van der Waals surface area contributed by atoms with Crippen molar-refractivity contribution in [2.75, 3.05) is 34.9 Å². The smallest absolute Gasteiger partial charge is 0.338 e. The lowest BCUT2D eigenvalue weighted by atomic mass is 9.97. The number of hydrogen-bond acceptors (Lipinski definition) is 11. The molecule has 2 aromatic carbocycles. The van der Waals surface area contributed by atoms with Crippen LogP contribution in [0.5, 0.6) is 11.5 Å². The summed E-state index contributed by atoms with van der Waals surface area (Å²) in [7, 11) is 4.56. The molecule has 0 bridgehead atoms. The van der Waals surface area contributed by atoms with Gasteiger partial charge in [0.2, 0.25) is 0 Å². The van der Waals surface area contributed by atoms with E-state index in [1.54, 1.807) is 68.5 Å². The average molecular weight is 629 g/mol. The summed E-state index contributed by atoms with van der Waals surface area (Å²) in [5.74, 6) is -0.954. The van der Waals surface area contributed by atoms with Gasteiger partial charge >= 0.3 is 5.97 Å². The molecule has 5 unspecified atom stereocenters. The minimum Gasteiger partial charge on any atom is -0.497 e. The van der Waals surface area contributed by atoms with Crippen LogP contribution < -0.4 is 9.47 Å². The molecule has 2 aliphatic rings. The Bertz CT molecular complexity index is 1310. The number of methoxy groups -OCH3 is 3. The molecule has 0 aromatic heterocycles. The Labute approximate surface area is 264 Å². The highest BCUT2D eigenvalue weighted by molar-refractivity contribution is 5.89. The highest BCUT2D eigenvalue weighted by Crippen LogP contribution is 2.39. The third-order valence-electron chi connectivity index (χ3n) is 7.56. The molecule has 4 rings (SSSR count). The van der Waals surface area contributed by atoms with Crippen LogP contribution in [0.4, 0.5) is 0 Å². The maximum absolute atomic E-state index is 13.3. The lowest BCUT2D eigenvalue weighted by molar-refractivity contribution is -0.165. The first kappa shape index (κ1) is 34.6. The van der Waals surface area contributed by atoms with Gasteiger partial charge in [-0.2, -0.15) is 0 Å². The number of rotatable bonds is 9. The van der Waals surface area contributed by atoms with Crippen LogP contribution >= 0.6 is 0 Å². The topological polar surface area (TPSA) is 120 Å². The molecule has 0 saturated carbocycles. The van der Waals surface area contributed by atoms with Crippen molar-refractivity contribution in [1.29, 1.82) is 0 Å². The molecule has 2 heterocycles. The van der Waals surface area contributed by atoms with Crippen molar-refractivity contribution in [2.24, 2.45) is 5.92 Å². The van der Waals surface area contributed by atoms with E-state index in [4.69, 9.17) is 42.6 Å². The third-order valence-corrected chi connectivity index (χ3v) is 7.56. The summed E-state index contributed by atoms with van der Waals surface area (Å²) in [5, 5.41) is 11.4. The van der Waals surface area contributed by atoms with Gasteiger partial charge < -0.3 is 47.7 Å². The molecule has 7 atom stereocenters. The fraction of sp³-hybridized carbons (Fsp3) is 0.500. The van der Waals surface area contributed by atoms with Gasteiger partial charge in [-0.25, -0.2) is 4.79 Å². The standard InChI is InChI=1S/C34H44O11/c1-21-13-15-27(43-32(35)23-11-9-8-10-12-23)31-30(44-34(3,4)45-31)26(40-19-37-5)16-14-24-17-25(39-7)18-28(41-20-38-6)29(24)33(36)42-22(21)2/h8-18,21-22,26-27,30-31,33,36H,19-20H2,1-7H3/b15-13-,16-14+/t21-,22+,26?,27?,30?,31?,33?/m1/s1. The number of fused-ring (bicyclic) bond motifs is 2. The Kier molecular flexibility index (Phi) is 12.2. The van der Waals surface area contributed by atoms with Crippen molar-refractivity contribution in [1.82, 2.24) is 0 Å². The van der Waals surface area contributed by atoms with Crippen LogP contribution in [-0.4, -0.2) is 82.3 Å². The van der Waals surface area contributed by atoms with E-state index in [1.165, 1.54) is 21.3 Å². The predicted octanol–water partition coefficient (Wildman–Crippen LogP) is 5.03. The van der Waals surface area contributed by atoms with Crippen molar-refractivity contribution >= 4 is 12.0 Å². The Balaban J connectivity index is 1.84. The zero-order valence-corrected chi connectivity index (χ0v) is 26.8. The normalized spacial score (nSPS) is 29.5. The summed E-state index contributed by atoms with van der Waals surface area (Å²) in [6, 6.07) is 12.1. The van der Waals surface area contributed by atoms with E-state index in [0.717, 1.165) is 0 Å². The number of aliphatic hydroxyl groups excluding tert-OH is 1. The van der Waals surface area contributed by atoms with E-state index in [2.05, 4.69) is 0 Å². The van der Waals surface area contributed by atoms with Gasteiger partial charge in [0.25, 0.3) is 0 Å². The zero-order valence-electron chi connectivity index (χ0n) is 26.8. The summed E-state index contributed by atoms with van der Waals surface area (Å²) in [5.41, 5.74) is 1.33. The second-order valence-corrected chi connectivity index (χ2v) is 11.3. The van der Waals surface area contributed by atoms with Gasteiger partial charge in [-0.3, -0.25) is 0 Å². The van der Waals surface area contributed by atoms with Crippen LogP contribution in [0.15, 0.2) is 60.7 Å². The van der Waals surface area contributed by atoms with Crippen molar-refractivity contribution in [3.63, 3.8) is 0 Å². The monoisotopic (exact) mass is 628 g/mol. The van der Waals surface area contributed by atoms with Crippen LogP contribution in [0.3, 0.4) is 0 Å². The summed E-state index contributed by atoms with van der Waals surface area (Å²) in [6.07, 6.45) is 2.21. The largest absolute Gasteiger partial charge is 0.497 e. The first-order valence-corrected chi connectivity index (χ1v) is 14.8. The number of ether oxygens (including phenoxy) is 9. The van der Waals surface area contributed by atoms with Crippen LogP contribution in [0.2, 0.25) is 0 Å². The third kappa shape index (κ3) is 8.92. The minimum atomic E-state index is -1.38. The highest BCUT2D eigenvalue weighted by Gasteiger charge is 2.49. The van der Waals surface area contributed by atoms with Crippen LogP contribution in [0.25, 0.3) is 6.08 Å².